The Balaban J connectivity index is 0.000000108. The number of sulfonamides is 1. The molecule has 5 aliphatic heterocycles. The number of halogens is 5. The SMILES string of the molecule is CC(=O)N1CCn2c(c(-c3ccc(Cl)cc3)c3ncccc32)C1=O.CCNC(=O)N1CCn2c(c(-c3ccc(Cl)cc3)c3ncccc32)C1=O.CS(=O)(=O)N1CCn2c(c(-c3ccc(Cl)cc3)c3ncccc32)C1=O.Cc1nccc(-c2c3n(c4cccnc24)CCN(C2CC2)C3=O)n1.O=C1c2c(-c3ccc(Cl)c(F)c3)c3ncccc3n2CCN1c1ncccn1. The lowest BCUT2D eigenvalue weighted by Crippen LogP contribution is -2.48. The zero-order valence-electron chi connectivity index (χ0n) is 68.4. The van der Waals surface area contributed by atoms with Gasteiger partial charge in [-0.2, -0.15) is 0 Å². The second kappa shape index (κ2) is 34.5. The maximum absolute atomic E-state index is 14.2. The number of nitrogens with one attached hydrogen (secondary N) is 1. The van der Waals surface area contributed by atoms with Crippen molar-refractivity contribution in [3.63, 3.8) is 0 Å². The van der Waals surface area contributed by atoms with Gasteiger partial charge in [-0.25, -0.2) is 41.8 Å². The van der Waals surface area contributed by atoms with E-state index in [1.165, 1.54) is 33.8 Å². The van der Waals surface area contributed by atoms with E-state index in [0.717, 1.165) is 125 Å². The molecular weight excluding hydrogens is 1720 g/mol. The van der Waals surface area contributed by atoms with Gasteiger partial charge in [0.1, 0.15) is 40.1 Å². The van der Waals surface area contributed by atoms with Gasteiger partial charge in [0.05, 0.1) is 84.2 Å². The highest BCUT2D eigenvalue weighted by atomic mass is 35.5. The molecule has 638 valence electrons. The fraction of sp³-hybridized carbons (Fsp3) is 0.196. The summed E-state index contributed by atoms with van der Waals surface area (Å²) in [5.74, 6) is -1.03. The zero-order valence-corrected chi connectivity index (χ0v) is 72.3. The molecule has 22 rings (SSSR count). The number of aryl methyl sites for hydroxylation is 1. The summed E-state index contributed by atoms with van der Waals surface area (Å²) >= 11 is 23.8. The van der Waals surface area contributed by atoms with Crippen molar-refractivity contribution in [2.75, 3.05) is 50.4 Å². The number of hydrogen-bond acceptors (Lipinski definition) is 18. The molecule has 6 aliphatic rings. The van der Waals surface area contributed by atoms with Gasteiger partial charge in [0.25, 0.3) is 29.5 Å². The molecule has 0 saturated heterocycles. The number of urea groups is 1. The van der Waals surface area contributed by atoms with Crippen molar-refractivity contribution in [2.45, 2.75) is 72.4 Å². The van der Waals surface area contributed by atoms with E-state index in [2.05, 4.69) is 54.7 Å². The van der Waals surface area contributed by atoms with Gasteiger partial charge in [-0.1, -0.05) is 88.9 Å². The summed E-state index contributed by atoms with van der Waals surface area (Å²) < 4.78 is 48.8. The van der Waals surface area contributed by atoms with Crippen LogP contribution in [0, 0.1) is 12.7 Å². The summed E-state index contributed by atoms with van der Waals surface area (Å²) in [6.07, 6.45) is 16.7. The summed E-state index contributed by atoms with van der Waals surface area (Å²) in [4.78, 5) is 135. The Labute approximate surface area is 744 Å². The van der Waals surface area contributed by atoms with Crippen LogP contribution in [0.3, 0.4) is 0 Å². The molecule has 1 aliphatic carbocycles. The van der Waals surface area contributed by atoms with E-state index in [0.29, 0.717) is 136 Å². The summed E-state index contributed by atoms with van der Waals surface area (Å²) in [7, 11) is -3.63. The van der Waals surface area contributed by atoms with Crippen LogP contribution in [-0.2, 0) is 47.5 Å². The Morgan fingerprint density at radius 1 is 0.425 bits per heavy atom. The van der Waals surface area contributed by atoms with Gasteiger partial charge in [-0.05, 0) is 170 Å². The van der Waals surface area contributed by atoms with E-state index in [4.69, 9.17) is 46.4 Å². The zero-order chi connectivity index (χ0) is 88.4. The Kier molecular flexibility index (Phi) is 22.8. The van der Waals surface area contributed by atoms with Crippen molar-refractivity contribution in [3.05, 3.63) is 274 Å². The minimum Gasteiger partial charge on any atom is -0.338 e. The number of imide groups is 2. The molecule has 0 bridgehead atoms. The van der Waals surface area contributed by atoms with E-state index in [-0.39, 0.29) is 47.1 Å². The maximum atomic E-state index is 14.2. The van der Waals surface area contributed by atoms with Crippen molar-refractivity contribution in [1.82, 2.24) is 92.0 Å². The predicted molar refractivity (Wildman–Crippen MR) is 482 cm³/mol. The van der Waals surface area contributed by atoms with Crippen molar-refractivity contribution in [1.29, 1.82) is 0 Å². The number of hydrogen-bond donors (Lipinski definition) is 1. The lowest BCUT2D eigenvalue weighted by atomic mass is 10.0. The third-order valence-corrected chi connectivity index (χ3v) is 25.1. The van der Waals surface area contributed by atoms with Crippen LogP contribution in [0.4, 0.5) is 15.1 Å². The number of amides is 8. The van der Waals surface area contributed by atoms with Crippen molar-refractivity contribution in [2.24, 2.45) is 0 Å². The Morgan fingerprint density at radius 3 is 1.24 bits per heavy atom. The van der Waals surface area contributed by atoms with E-state index >= 15 is 0 Å². The van der Waals surface area contributed by atoms with Crippen LogP contribution in [0.5, 0.6) is 0 Å². The van der Waals surface area contributed by atoms with Gasteiger partial charge < -0.3 is 33.1 Å². The van der Waals surface area contributed by atoms with E-state index in [9.17, 15) is 46.4 Å². The van der Waals surface area contributed by atoms with E-state index in [1.807, 2.05) is 122 Å². The average Bonchev–Trinajstić information content (AvgIpc) is 1.62. The van der Waals surface area contributed by atoms with Gasteiger partial charge in [0.2, 0.25) is 21.9 Å². The first-order valence-corrected chi connectivity index (χ1v) is 44.0. The van der Waals surface area contributed by atoms with Gasteiger partial charge in [0.15, 0.2) is 0 Å². The number of aromatic nitrogens is 14. The lowest BCUT2D eigenvalue weighted by molar-refractivity contribution is -0.126. The van der Waals surface area contributed by atoms with Crippen LogP contribution in [0.25, 0.3) is 111 Å². The number of rotatable bonds is 9. The number of pyridine rings is 5. The Morgan fingerprint density at radius 2 is 0.811 bits per heavy atom. The minimum absolute atomic E-state index is 0.0275. The number of carbonyl (C=O) groups is 7. The molecule has 0 spiro atoms. The molecule has 1 N–H and O–H groups in total. The third-order valence-electron chi connectivity index (χ3n) is 22.8. The Bertz CT molecular complexity index is 7290. The largest absolute Gasteiger partial charge is 0.338 e. The van der Waals surface area contributed by atoms with Crippen LogP contribution in [0.15, 0.2) is 213 Å². The van der Waals surface area contributed by atoms with Crippen LogP contribution >= 0.6 is 46.4 Å². The fourth-order valence-corrected chi connectivity index (χ4v) is 18.4. The molecule has 12 aromatic heterocycles. The van der Waals surface area contributed by atoms with Crippen LogP contribution < -0.4 is 10.2 Å². The number of carbonyl (C=O) groups excluding carboxylic acids is 7. The number of nitrogens with zero attached hydrogens (tertiary/aromatic N) is 19. The van der Waals surface area contributed by atoms with E-state index in [1.54, 1.807) is 116 Å². The topological polar surface area (TPSA) is 323 Å². The molecule has 0 unspecified atom stereocenters. The minimum atomic E-state index is -3.63. The predicted octanol–water partition coefficient (Wildman–Crippen LogP) is 16.0. The number of fused-ring (bicyclic) bond motifs is 15. The van der Waals surface area contributed by atoms with Crippen molar-refractivity contribution < 1.29 is 46.4 Å². The second-order valence-electron chi connectivity index (χ2n) is 30.5. The van der Waals surface area contributed by atoms with Gasteiger partial charge in [-0.15, -0.1) is 0 Å². The molecule has 29 nitrogen and oxygen atoms in total. The quantitative estimate of drug-likeness (QED) is 0.140. The van der Waals surface area contributed by atoms with Gasteiger partial charge in [0, 0.05) is 165 Å². The van der Waals surface area contributed by atoms with E-state index < -0.39 is 21.7 Å². The van der Waals surface area contributed by atoms with Crippen LogP contribution in [-0.4, -0.2) is 188 Å². The molecule has 4 aromatic carbocycles. The highest BCUT2D eigenvalue weighted by Gasteiger charge is 2.42. The number of anilines is 1. The standard InChI is InChI=1S/C20H13ClFN5O.C19H17ClN4O2.C18H14ClN3O2.C18H17N5O.C17H14ClN3O3S/c21-13-5-4-12(11-14(13)22)16-17-15(3-1-6-23-17)26-9-10-27(19(28)18(16)26)20-24-7-2-8-25-20;1-2-21-19(26)24-11-10-23-14-4-3-9-22-16(14)15(17(23)18(24)25)12-5-7-13(20)8-6-12;1-11(23)21-9-10-22-14-3-2-8-20-16(14)15(17(22)18(21)24)12-4-6-13(19)7-5-12;1-11-19-8-6-13(21-11)15-16-14(3-2-7-20-16)23-10-9-22(12-4-5-12)18(24)17(15)23;1-25(23,24)21-10-9-20-13-3-2-8-19-15(13)14(16(20)17(21)22)11-4-6-12(18)7-5-11/h1-8,11H,9-10H2;3-9H,2,10-11H2,1H3,(H,21,26);2-8H,9-10H2,1H3;2-3,6-8,12H,4-5,9-10H2,1H3;2-8H,9-10H2,1H3. The summed E-state index contributed by atoms with van der Waals surface area (Å²) in [6, 6.07) is 48.7. The Hall–Kier alpha value is -14.0. The summed E-state index contributed by atoms with van der Waals surface area (Å²) in [5, 5.41) is 4.56. The van der Waals surface area contributed by atoms with Crippen LogP contribution in [0.1, 0.15) is 85.0 Å². The molecular formula is C92H75Cl4FN20O9S. The molecule has 35 heteroatoms. The maximum Gasteiger partial charge on any atom is 0.324 e. The molecule has 17 heterocycles. The molecule has 8 amide bonds. The second-order valence-corrected chi connectivity index (χ2v) is 34.1. The first kappa shape index (κ1) is 83.9. The fourth-order valence-electron chi connectivity index (χ4n) is 17.1. The molecule has 127 heavy (non-hydrogen) atoms. The third kappa shape index (κ3) is 15.6. The molecule has 0 atom stereocenters. The smallest absolute Gasteiger partial charge is 0.324 e. The van der Waals surface area contributed by atoms with Crippen LogP contribution in [0.2, 0.25) is 20.1 Å². The monoisotopic (exact) mass is 1790 g/mol. The highest BCUT2D eigenvalue weighted by Crippen LogP contribution is 2.44. The molecule has 1 saturated carbocycles. The lowest BCUT2D eigenvalue weighted by Gasteiger charge is -2.29. The number of benzene rings is 4. The molecule has 1 fully saturated rings. The van der Waals surface area contributed by atoms with Crippen molar-refractivity contribution in [3.8, 4) is 55.8 Å². The normalized spacial score (nSPS) is 14.7. The summed E-state index contributed by atoms with van der Waals surface area (Å²) in [6.45, 7) is 10.5. The van der Waals surface area contributed by atoms with Gasteiger partial charge in [-0.3, -0.25) is 68.4 Å². The molecule has 16 aromatic rings. The van der Waals surface area contributed by atoms with Gasteiger partial charge >= 0.3 is 6.03 Å². The highest BCUT2D eigenvalue weighted by molar-refractivity contribution is 7.88. The molecule has 0 radical (unpaired) electrons. The first-order valence-electron chi connectivity index (χ1n) is 40.7. The van der Waals surface area contributed by atoms with Crippen molar-refractivity contribution >= 4 is 159 Å². The average molecular weight is 1800 g/mol. The summed E-state index contributed by atoms with van der Waals surface area (Å²) in [5.41, 5.74) is 17.9. The first-order chi connectivity index (χ1) is 61.4.